The van der Waals surface area contributed by atoms with E-state index in [1.54, 1.807) is 18.2 Å². The van der Waals surface area contributed by atoms with E-state index in [1.165, 1.54) is 0 Å². The summed E-state index contributed by atoms with van der Waals surface area (Å²) in [5.74, 6) is 3.30. The zero-order valence-corrected chi connectivity index (χ0v) is 14.7. The molecule has 1 aliphatic rings. The van der Waals surface area contributed by atoms with Crippen molar-refractivity contribution >= 4 is 5.82 Å². The summed E-state index contributed by atoms with van der Waals surface area (Å²) in [4.78, 5) is 2.14. The molecule has 3 rings (SSSR count). The van der Waals surface area contributed by atoms with Crippen molar-refractivity contribution in [3.05, 3.63) is 35.4 Å². The zero-order valence-electron chi connectivity index (χ0n) is 14.7. The number of nitriles is 1. The van der Waals surface area contributed by atoms with Gasteiger partial charge in [-0.05, 0) is 56.1 Å². The molecular weight excluding hydrogens is 326 g/mol. The summed E-state index contributed by atoms with van der Waals surface area (Å²) >= 11 is 0. The first-order chi connectivity index (χ1) is 12.6. The van der Waals surface area contributed by atoms with Gasteiger partial charge in [0, 0.05) is 23.7 Å². The third-order valence-corrected chi connectivity index (χ3v) is 4.56. The van der Waals surface area contributed by atoms with Gasteiger partial charge in [-0.25, -0.2) is 0 Å². The molecule has 1 atom stereocenters. The Morgan fingerprint density at radius 3 is 2.92 bits per heavy atom. The smallest absolute Gasteiger partial charge is 0.149 e. The quantitative estimate of drug-likeness (QED) is 0.653. The Balaban J connectivity index is 1.76. The number of piperidine rings is 1. The minimum atomic E-state index is 0.0954. The van der Waals surface area contributed by atoms with Crippen LogP contribution in [0.25, 0.3) is 11.3 Å². The highest BCUT2D eigenvalue weighted by molar-refractivity contribution is 5.71. The molecular formula is C20H21N5O. The number of terminal acetylenes is 1. The van der Waals surface area contributed by atoms with Gasteiger partial charge in [0.15, 0.2) is 0 Å². The van der Waals surface area contributed by atoms with Crippen LogP contribution in [0.5, 0.6) is 5.75 Å². The van der Waals surface area contributed by atoms with E-state index in [0.717, 1.165) is 31.5 Å². The van der Waals surface area contributed by atoms with Crippen LogP contribution < -0.4 is 5.32 Å². The van der Waals surface area contributed by atoms with Crippen LogP contribution in [-0.4, -0.2) is 45.9 Å². The Morgan fingerprint density at radius 2 is 2.23 bits per heavy atom. The summed E-state index contributed by atoms with van der Waals surface area (Å²) in [6, 6.07) is 9.47. The lowest BCUT2D eigenvalue weighted by Crippen LogP contribution is -2.42. The monoisotopic (exact) mass is 347 g/mol. The number of nitrogens with one attached hydrogen (secondary N) is 1. The van der Waals surface area contributed by atoms with Gasteiger partial charge in [-0.1, -0.05) is 5.92 Å². The number of hydrogen-bond acceptors (Lipinski definition) is 6. The van der Waals surface area contributed by atoms with Crippen LogP contribution in [0.1, 0.15) is 24.0 Å². The summed E-state index contributed by atoms with van der Waals surface area (Å²) in [7, 11) is 0. The van der Waals surface area contributed by atoms with Gasteiger partial charge in [-0.2, -0.15) is 5.26 Å². The summed E-state index contributed by atoms with van der Waals surface area (Å²) < 4.78 is 0. The number of anilines is 1. The van der Waals surface area contributed by atoms with Crippen molar-refractivity contribution in [2.45, 2.75) is 25.8 Å². The van der Waals surface area contributed by atoms with E-state index >= 15 is 0 Å². The average Bonchev–Trinajstić information content (AvgIpc) is 2.63. The predicted molar refractivity (Wildman–Crippen MR) is 101 cm³/mol. The highest BCUT2D eigenvalue weighted by Gasteiger charge is 2.20. The number of aryl methyl sites for hydroxylation is 1. The second kappa shape index (κ2) is 7.86. The molecule has 6 heteroatoms. The van der Waals surface area contributed by atoms with Crippen molar-refractivity contribution in [2.75, 3.05) is 25.0 Å². The fourth-order valence-corrected chi connectivity index (χ4v) is 3.27. The molecule has 1 saturated heterocycles. The number of aromatic nitrogens is 2. The first kappa shape index (κ1) is 17.7. The molecule has 0 radical (unpaired) electrons. The maximum atomic E-state index is 10.2. The summed E-state index contributed by atoms with van der Waals surface area (Å²) in [6.45, 7) is 4.17. The molecule has 2 N–H and O–H groups in total. The highest BCUT2D eigenvalue weighted by atomic mass is 16.3. The van der Waals surface area contributed by atoms with Crippen LogP contribution in [0, 0.1) is 30.6 Å². The molecule has 0 amide bonds. The topological polar surface area (TPSA) is 85.1 Å². The lowest BCUT2D eigenvalue weighted by Gasteiger charge is -2.31. The maximum Gasteiger partial charge on any atom is 0.149 e. The van der Waals surface area contributed by atoms with Crippen LogP contribution in [-0.2, 0) is 0 Å². The molecule has 1 fully saturated rings. The number of aromatic hydroxyl groups is 1. The average molecular weight is 347 g/mol. The molecule has 0 aliphatic carbocycles. The second-order valence-corrected chi connectivity index (χ2v) is 6.51. The standard InChI is InChI=1S/C20H21N5O/c1-3-15-6-7-17(18(26)12-15)20-14(2)11-19(23-24-20)22-16-5-4-9-25(13-16)10-8-21/h1,6-7,11-12,16,26H,4-5,9-10,13H2,2H3,(H,22,23)/t16-/m1/s1. The van der Waals surface area contributed by atoms with Gasteiger partial charge >= 0.3 is 0 Å². The van der Waals surface area contributed by atoms with Gasteiger partial charge in [0.2, 0.25) is 0 Å². The van der Waals surface area contributed by atoms with Crippen molar-refractivity contribution in [3.63, 3.8) is 0 Å². The largest absolute Gasteiger partial charge is 0.507 e. The van der Waals surface area contributed by atoms with Gasteiger partial charge in [-0.3, -0.25) is 4.90 Å². The summed E-state index contributed by atoms with van der Waals surface area (Å²) in [5, 5.41) is 31.0. The zero-order chi connectivity index (χ0) is 18.5. The summed E-state index contributed by atoms with van der Waals surface area (Å²) in [5.41, 5.74) is 2.77. The molecule has 0 unspecified atom stereocenters. The summed E-state index contributed by atoms with van der Waals surface area (Å²) in [6.07, 6.45) is 7.45. The van der Waals surface area contributed by atoms with Crippen molar-refractivity contribution in [3.8, 4) is 35.4 Å². The Morgan fingerprint density at radius 1 is 1.38 bits per heavy atom. The molecule has 26 heavy (non-hydrogen) atoms. The Kier molecular flexibility index (Phi) is 5.36. The Hall–Kier alpha value is -3.09. The fourth-order valence-electron chi connectivity index (χ4n) is 3.27. The molecule has 2 aromatic rings. The normalized spacial score (nSPS) is 17.3. The molecule has 2 heterocycles. The highest BCUT2D eigenvalue weighted by Crippen LogP contribution is 2.31. The molecule has 0 spiro atoms. The number of rotatable bonds is 4. The Bertz CT molecular complexity index is 881. The van der Waals surface area contributed by atoms with Crippen LogP contribution in [0.15, 0.2) is 24.3 Å². The third kappa shape index (κ3) is 3.93. The molecule has 0 saturated carbocycles. The van der Waals surface area contributed by atoms with Crippen molar-refractivity contribution in [1.29, 1.82) is 5.26 Å². The lowest BCUT2D eigenvalue weighted by atomic mass is 10.0. The Labute approximate surface area is 153 Å². The number of benzene rings is 1. The number of hydrogen-bond donors (Lipinski definition) is 2. The van der Waals surface area contributed by atoms with Crippen molar-refractivity contribution in [1.82, 2.24) is 15.1 Å². The van der Waals surface area contributed by atoms with Gasteiger partial charge in [-0.15, -0.1) is 16.6 Å². The molecule has 6 nitrogen and oxygen atoms in total. The van der Waals surface area contributed by atoms with Crippen LogP contribution in [0.3, 0.4) is 0 Å². The molecule has 132 valence electrons. The molecule has 1 aromatic carbocycles. The van der Waals surface area contributed by atoms with Gasteiger partial charge in [0.1, 0.15) is 11.6 Å². The van der Waals surface area contributed by atoms with E-state index in [9.17, 15) is 5.11 Å². The van der Waals surface area contributed by atoms with Crippen molar-refractivity contribution in [2.24, 2.45) is 0 Å². The fraction of sp³-hybridized carbons (Fsp3) is 0.350. The van der Waals surface area contributed by atoms with Gasteiger partial charge in [0.05, 0.1) is 18.3 Å². The maximum absolute atomic E-state index is 10.2. The minimum absolute atomic E-state index is 0.0954. The predicted octanol–water partition coefficient (Wildman–Crippen LogP) is 2.54. The van der Waals surface area contributed by atoms with E-state index < -0.39 is 0 Å². The van der Waals surface area contributed by atoms with Crippen LogP contribution >= 0.6 is 0 Å². The third-order valence-electron chi connectivity index (χ3n) is 4.56. The number of phenols is 1. The molecule has 0 bridgehead atoms. The number of nitrogens with zero attached hydrogens (tertiary/aromatic N) is 4. The first-order valence-electron chi connectivity index (χ1n) is 8.61. The molecule has 1 aliphatic heterocycles. The minimum Gasteiger partial charge on any atom is -0.507 e. The van der Waals surface area contributed by atoms with Crippen molar-refractivity contribution < 1.29 is 5.11 Å². The number of likely N-dealkylation sites (tertiary alicyclic amines) is 1. The first-order valence-corrected chi connectivity index (χ1v) is 8.61. The van der Waals surface area contributed by atoms with E-state index in [0.29, 0.717) is 29.2 Å². The molecule has 1 aromatic heterocycles. The van der Waals surface area contributed by atoms with E-state index in [2.05, 4.69) is 32.4 Å². The van der Waals surface area contributed by atoms with E-state index in [1.807, 2.05) is 13.0 Å². The second-order valence-electron chi connectivity index (χ2n) is 6.51. The van der Waals surface area contributed by atoms with E-state index in [-0.39, 0.29) is 11.8 Å². The number of phenolic OH excluding ortho intramolecular Hbond substituents is 1. The SMILES string of the molecule is C#Cc1ccc(-c2nnc(N[C@@H]3CCCN(CC#N)C3)cc2C)c(O)c1. The van der Waals surface area contributed by atoms with Gasteiger partial charge < -0.3 is 10.4 Å². The lowest BCUT2D eigenvalue weighted by molar-refractivity contribution is 0.239. The van der Waals surface area contributed by atoms with Crippen LogP contribution in [0.2, 0.25) is 0 Å². The van der Waals surface area contributed by atoms with E-state index in [4.69, 9.17) is 11.7 Å². The van der Waals surface area contributed by atoms with Crippen LogP contribution in [0.4, 0.5) is 5.82 Å². The van der Waals surface area contributed by atoms with Gasteiger partial charge in [0.25, 0.3) is 0 Å².